The van der Waals surface area contributed by atoms with Gasteiger partial charge in [-0.3, -0.25) is 4.79 Å². The van der Waals surface area contributed by atoms with E-state index in [1.165, 1.54) is 29.5 Å². The Balaban J connectivity index is 1.97. The number of benzene rings is 1. The third kappa shape index (κ3) is 4.16. The SMILES string of the molecule is Nc1nc(CC(=O)Nc2cccc(OC(F)F)c2)cs1. The number of thiazole rings is 1. The number of rotatable bonds is 5. The van der Waals surface area contributed by atoms with Crippen LogP contribution in [0.2, 0.25) is 0 Å². The number of amides is 1. The molecule has 1 heterocycles. The molecule has 3 N–H and O–H groups in total. The van der Waals surface area contributed by atoms with E-state index in [1.54, 1.807) is 11.4 Å². The highest BCUT2D eigenvalue weighted by Gasteiger charge is 2.09. The fourth-order valence-electron chi connectivity index (χ4n) is 1.52. The van der Waals surface area contributed by atoms with Crippen LogP contribution in [0.15, 0.2) is 29.6 Å². The van der Waals surface area contributed by atoms with E-state index in [9.17, 15) is 13.6 Å². The molecule has 1 aromatic carbocycles. The molecule has 0 aliphatic rings. The molecule has 2 rings (SSSR count). The first-order valence-electron chi connectivity index (χ1n) is 5.57. The van der Waals surface area contributed by atoms with Gasteiger partial charge < -0.3 is 15.8 Å². The molecule has 0 aliphatic heterocycles. The topological polar surface area (TPSA) is 77.2 Å². The van der Waals surface area contributed by atoms with Crippen molar-refractivity contribution >= 4 is 28.1 Å². The molecule has 106 valence electrons. The van der Waals surface area contributed by atoms with Crippen LogP contribution >= 0.6 is 11.3 Å². The molecule has 0 atom stereocenters. The summed E-state index contributed by atoms with van der Waals surface area (Å²) in [5, 5.41) is 4.65. The Kier molecular flexibility index (Phi) is 4.46. The molecule has 8 heteroatoms. The Labute approximate surface area is 117 Å². The summed E-state index contributed by atoms with van der Waals surface area (Å²) in [6.07, 6.45) is 0.0631. The van der Waals surface area contributed by atoms with Crippen molar-refractivity contribution in [3.63, 3.8) is 0 Å². The summed E-state index contributed by atoms with van der Waals surface area (Å²) < 4.78 is 28.4. The minimum absolute atomic E-state index is 0.0179. The number of halogens is 2. The monoisotopic (exact) mass is 299 g/mol. The number of nitrogen functional groups attached to an aromatic ring is 1. The number of hydrogen-bond acceptors (Lipinski definition) is 5. The van der Waals surface area contributed by atoms with Gasteiger partial charge in [-0.1, -0.05) is 6.07 Å². The van der Waals surface area contributed by atoms with Gasteiger partial charge in [-0.05, 0) is 12.1 Å². The van der Waals surface area contributed by atoms with Crippen LogP contribution in [0, 0.1) is 0 Å². The van der Waals surface area contributed by atoms with Crippen LogP contribution in [0.4, 0.5) is 19.6 Å². The van der Waals surface area contributed by atoms with E-state index >= 15 is 0 Å². The van der Waals surface area contributed by atoms with Crippen molar-refractivity contribution < 1.29 is 18.3 Å². The molecule has 0 aliphatic carbocycles. The molecular formula is C12H11F2N3O2S. The van der Waals surface area contributed by atoms with Crippen LogP contribution in [0.5, 0.6) is 5.75 Å². The molecule has 0 fully saturated rings. The first-order chi connectivity index (χ1) is 9.52. The molecule has 20 heavy (non-hydrogen) atoms. The van der Waals surface area contributed by atoms with Crippen molar-refractivity contribution in [2.45, 2.75) is 13.0 Å². The fourth-order valence-corrected chi connectivity index (χ4v) is 2.09. The minimum atomic E-state index is -2.90. The number of anilines is 2. The predicted octanol–water partition coefficient (Wildman–Crippen LogP) is 2.51. The number of nitrogens with one attached hydrogen (secondary N) is 1. The van der Waals surface area contributed by atoms with Gasteiger partial charge in [0.05, 0.1) is 12.1 Å². The number of aromatic nitrogens is 1. The second-order valence-electron chi connectivity index (χ2n) is 3.81. The molecular weight excluding hydrogens is 288 g/mol. The van der Waals surface area contributed by atoms with Gasteiger partial charge in [0.25, 0.3) is 0 Å². The van der Waals surface area contributed by atoms with Gasteiger partial charge >= 0.3 is 6.61 Å². The summed E-state index contributed by atoms with van der Waals surface area (Å²) in [5.74, 6) is -0.333. The predicted molar refractivity (Wildman–Crippen MR) is 71.9 cm³/mol. The first-order valence-corrected chi connectivity index (χ1v) is 6.45. The van der Waals surface area contributed by atoms with Crippen LogP contribution in [0.3, 0.4) is 0 Å². The second-order valence-corrected chi connectivity index (χ2v) is 4.70. The van der Waals surface area contributed by atoms with Gasteiger partial charge in [-0.15, -0.1) is 11.3 Å². The maximum Gasteiger partial charge on any atom is 0.387 e. The highest BCUT2D eigenvalue weighted by atomic mass is 32.1. The smallest absolute Gasteiger partial charge is 0.387 e. The molecule has 0 radical (unpaired) electrons. The lowest BCUT2D eigenvalue weighted by Gasteiger charge is -2.07. The summed E-state index contributed by atoms with van der Waals surface area (Å²) in [6, 6.07) is 5.78. The fraction of sp³-hybridized carbons (Fsp3) is 0.167. The van der Waals surface area contributed by atoms with Crippen LogP contribution in [0.25, 0.3) is 0 Å². The summed E-state index contributed by atoms with van der Waals surface area (Å²) >= 11 is 1.25. The van der Waals surface area contributed by atoms with Crippen molar-refractivity contribution in [3.05, 3.63) is 35.3 Å². The van der Waals surface area contributed by atoms with Gasteiger partial charge in [-0.25, -0.2) is 4.98 Å². The number of nitrogens with two attached hydrogens (primary N) is 1. The Bertz CT molecular complexity index is 604. The molecule has 5 nitrogen and oxygen atoms in total. The van der Waals surface area contributed by atoms with Gasteiger partial charge in [0.1, 0.15) is 5.75 Å². The lowest BCUT2D eigenvalue weighted by atomic mass is 10.2. The number of nitrogens with zero attached hydrogens (tertiary/aromatic N) is 1. The number of carbonyl (C=O) groups excluding carboxylic acids is 1. The van der Waals surface area contributed by atoms with Crippen molar-refractivity contribution in [1.82, 2.24) is 4.98 Å². The first kappa shape index (κ1) is 14.2. The van der Waals surface area contributed by atoms with Crippen LogP contribution in [-0.4, -0.2) is 17.5 Å². The Hall–Kier alpha value is -2.22. The molecule has 0 bridgehead atoms. The van der Waals surface area contributed by atoms with E-state index in [0.29, 0.717) is 16.5 Å². The number of alkyl halides is 2. The van der Waals surface area contributed by atoms with Gasteiger partial charge in [0.15, 0.2) is 5.13 Å². The normalized spacial score (nSPS) is 10.6. The molecule has 0 saturated carbocycles. The van der Waals surface area contributed by atoms with E-state index in [2.05, 4.69) is 15.0 Å². The van der Waals surface area contributed by atoms with Crippen molar-refractivity contribution in [1.29, 1.82) is 0 Å². The molecule has 0 spiro atoms. The largest absolute Gasteiger partial charge is 0.435 e. The Morgan fingerprint density at radius 2 is 2.30 bits per heavy atom. The highest BCUT2D eigenvalue weighted by Crippen LogP contribution is 2.19. The number of hydrogen-bond donors (Lipinski definition) is 2. The van der Waals surface area contributed by atoms with Gasteiger partial charge in [0, 0.05) is 17.1 Å². The molecule has 1 amide bonds. The number of ether oxygens (including phenoxy) is 1. The van der Waals surface area contributed by atoms with Crippen molar-refractivity contribution in [2.75, 3.05) is 11.1 Å². The summed E-state index contributed by atoms with van der Waals surface area (Å²) in [5.41, 5.74) is 6.39. The standard InChI is InChI=1S/C12H11F2N3O2S/c13-11(14)19-9-3-1-2-7(4-9)16-10(18)5-8-6-20-12(15)17-8/h1-4,6,11H,5H2,(H2,15,17)(H,16,18). The maximum atomic E-state index is 12.1. The quantitative estimate of drug-likeness (QED) is 0.889. The molecule has 1 aromatic heterocycles. The second kappa shape index (κ2) is 6.29. The zero-order valence-corrected chi connectivity index (χ0v) is 11.0. The third-order valence-electron chi connectivity index (χ3n) is 2.25. The van der Waals surface area contributed by atoms with Crippen LogP contribution < -0.4 is 15.8 Å². The average Bonchev–Trinajstić information content (AvgIpc) is 2.74. The summed E-state index contributed by atoms with van der Waals surface area (Å²) in [7, 11) is 0. The van der Waals surface area contributed by atoms with Crippen molar-refractivity contribution in [3.8, 4) is 5.75 Å². The minimum Gasteiger partial charge on any atom is -0.435 e. The van der Waals surface area contributed by atoms with E-state index in [0.717, 1.165) is 0 Å². The van der Waals surface area contributed by atoms with E-state index < -0.39 is 6.61 Å². The molecule has 2 aromatic rings. The number of carbonyl (C=O) groups is 1. The third-order valence-corrected chi connectivity index (χ3v) is 2.98. The van der Waals surface area contributed by atoms with Gasteiger partial charge in [-0.2, -0.15) is 8.78 Å². The lowest BCUT2D eigenvalue weighted by molar-refractivity contribution is -0.115. The van der Waals surface area contributed by atoms with Crippen LogP contribution in [0.1, 0.15) is 5.69 Å². The zero-order chi connectivity index (χ0) is 14.5. The van der Waals surface area contributed by atoms with E-state index in [1.807, 2.05) is 0 Å². The maximum absolute atomic E-state index is 12.1. The summed E-state index contributed by atoms with van der Waals surface area (Å²) in [4.78, 5) is 15.7. The van der Waals surface area contributed by atoms with E-state index in [-0.39, 0.29) is 18.1 Å². The highest BCUT2D eigenvalue weighted by molar-refractivity contribution is 7.13. The van der Waals surface area contributed by atoms with Crippen LogP contribution in [-0.2, 0) is 11.2 Å². The van der Waals surface area contributed by atoms with Gasteiger partial charge in [0.2, 0.25) is 5.91 Å². The van der Waals surface area contributed by atoms with Crippen molar-refractivity contribution in [2.24, 2.45) is 0 Å². The van der Waals surface area contributed by atoms with E-state index in [4.69, 9.17) is 5.73 Å². The Morgan fingerprint density at radius 1 is 1.50 bits per heavy atom. The zero-order valence-electron chi connectivity index (χ0n) is 10.2. The lowest BCUT2D eigenvalue weighted by Crippen LogP contribution is -2.14. The summed E-state index contributed by atoms with van der Waals surface area (Å²) in [6.45, 7) is -2.90. The molecule has 0 saturated heterocycles. The Morgan fingerprint density at radius 3 is 2.95 bits per heavy atom. The molecule has 0 unspecified atom stereocenters. The average molecular weight is 299 g/mol.